The summed E-state index contributed by atoms with van der Waals surface area (Å²) in [6.45, 7) is 1.82. The van der Waals surface area contributed by atoms with Gasteiger partial charge >= 0.3 is 6.18 Å². The molecule has 99 heavy (non-hydrogen) atoms. The molecule has 0 spiro atoms. The molecule has 0 fully saturated rings. The lowest BCUT2D eigenvalue weighted by Crippen LogP contribution is -2.98. The summed E-state index contributed by atoms with van der Waals surface area (Å²) in [5.74, 6) is -1.58. The van der Waals surface area contributed by atoms with Gasteiger partial charge in [0, 0.05) is 466 Å². The number of benzene rings is 3. The smallest absolute Gasteiger partial charge is 0.263 e. The van der Waals surface area contributed by atoms with Crippen molar-refractivity contribution in [3.05, 3.63) is 94.6 Å². The van der Waals surface area contributed by atoms with Gasteiger partial charge in [0.1, 0.15) is 11.6 Å². The van der Waals surface area contributed by atoms with Crippen LogP contribution in [0, 0.1) is 18.6 Å². The Bertz CT molecular complexity index is 2830. The zero-order chi connectivity index (χ0) is 76.3. The number of halogens is 5. The van der Waals surface area contributed by atoms with Gasteiger partial charge in [-0.05, 0) is 80.1 Å². The van der Waals surface area contributed by atoms with Crippen LogP contribution in [-0.4, -0.2) is 475 Å². The predicted octanol–water partition coefficient (Wildman–Crippen LogP) is -18.3. The lowest BCUT2D eigenvalue weighted by atomic mass is 8.22. The number of aryl methyl sites for hydroxylation is 3. The van der Waals surface area contributed by atoms with E-state index in [0.717, 1.165) is 24.8 Å². The first-order chi connectivity index (χ1) is 45.6. The number of alkyl halides is 3. The number of hydrogen-bond donors (Lipinski definition) is 0. The van der Waals surface area contributed by atoms with Gasteiger partial charge in [0.15, 0.2) is 0 Å². The van der Waals surface area contributed by atoms with Gasteiger partial charge in [-0.15, -0.1) is 0 Å². The normalized spacial score (nSPS) is 12.0. The van der Waals surface area contributed by atoms with E-state index in [9.17, 15) is 30.4 Å². The van der Waals surface area contributed by atoms with Crippen LogP contribution in [0.25, 0.3) is 0 Å². The van der Waals surface area contributed by atoms with Crippen LogP contribution in [0.5, 0.6) is 0 Å². The van der Waals surface area contributed by atoms with Crippen molar-refractivity contribution >= 4 is 476 Å². The highest BCUT2D eigenvalue weighted by Gasteiger charge is 2.63. The molecule has 0 aromatic heterocycles. The van der Waals surface area contributed by atoms with E-state index in [4.69, 9.17) is 255 Å². The van der Waals surface area contributed by atoms with E-state index < -0.39 is 237 Å². The van der Waals surface area contributed by atoms with Gasteiger partial charge in [0.25, 0.3) is 10.0 Å². The van der Waals surface area contributed by atoms with Gasteiger partial charge in [-0.3, -0.25) is 4.31 Å². The van der Waals surface area contributed by atoms with Gasteiger partial charge in [-0.2, -0.15) is 13.2 Å². The molecule has 3 aromatic carbocycles. The summed E-state index contributed by atoms with van der Waals surface area (Å²) in [7, 11) is 217. The van der Waals surface area contributed by atoms with Crippen LogP contribution in [0.4, 0.5) is 27.6 Å². The molecule has 0 amide bonds. The fourth-order valence-corrected chi connectivity index (χ4v) is 17.3. The Morgan fingerprint density at radius 1 is 0.424 bits per heavy atom. The molecule has 74 heteroatoms. The molecule has 1 unspecified atom stereocenters. The molecular weight excluding hydrogens is 1180 g/mol. The summed E-state index contributed by atoms with van der Waals surface area (Å²) in [6, 6.07) is 12.0. The van der Waals surface area contributed by atoms with Crippen molar-refractivity contribution in [3.63, 3.8) is 0 Å². The van der Waals surface area contributed by atoms with Crippen molar-refractivity contribution in [2.24, 2.45) is 0 Å². The highest BCUT2D eigenvalue weighted by molar-refractivity contribution is 8.39. The zero-order valence-electron chi connectivity index (χ0n) is 55.8. The average Bonchev–Trinajstić information content (AvgIpc) is 0.726. The minimum Gasteiger partial charge on any atom is -0.263 e. The molecule has 0 bridgehead atoms. The third kappa shape index (κ3) is 24.6. The van der Waals surface area contributed by atoms with Gasteiger partial charge < -0.3 is 0 Å². The summed E-state index contributed by atoms with van der Waals surface area (Å²) >= 11 is 0. The largest absolute Gasteiger partial charge is 0.416 e. The van der Waals surface area contributed by atoms with E-state index in [1.807, 2.05) is 6.92 Å². The molecule has 3 nitrogen and oxygen atoms in total. The lowest BCUT2D eigenvalue weighted by Gasteiger charge is -2.59. The standard InChI is InChI=1S/C25H22F5NO2S.B65/c1-16-2-12-22(13-3-16)34(32,33)31-21(11-7-18-5-9-20(26)15-24(18)31)10-6-17-4-8-19(14-23(17)27)25(28,29)30;1-34-51(35(2)3)59(50(32)33)63(58(48(28)29)49(30)31)65(62(56(44(20)21)45(22)23)57(46(24)25)47(26)27)64(60(52(36(4)5)37(6)7)53(38(8)9)39(10)11)61(54(40(12)13)41(14)15)55(42(16)17)43(18)19/h2-5,8-9,12-15,21H,6-7,10-11H2,1H3;. The van der Waals surface area contributed by atoms with Gasteiger partial charge in [0.2, 0.25) is 0 Å². The summed E-state index contributed by atoms with van der Waals surface area (Å²) in [4.78, 5) is 0.0425. The second-order valence-electron chi connectivity index (χ2n) is 26.5. The third-order valence-corrected chi connectivity index (χ3v) is 21.5. The number of hydrogen-bond acceptors (Lipinski definition) is 2. The summed E-state index contributed by atoms with van der Waals surface area (Å²) in [5, 5.41) is 0. The topological polar surface area (TPSA) is 37.4 Å². The fourth-order valence-electron chi connectivity index (χ4n) is 15.5. The Morgan fingerprint density at radius 2 is 0.737 bits per heavy atom. The van der Waals surface area contributed by atoms with Crippen molar-refractivity contribution in [2.45, 2.75) is 49.7 Å². The zero-order valence-corrected chi connectivity index (χ0v) is 56.6. The summed E-state index contributed by atoms with van der Waals surface area (Å²) in [6.07, 6.45) is -49.3. The molecule has 0 N–H and O–H groups in total. The van der Waals surface area contributed by atoms with E-state index in [2.05, 4.69) is 0 Å². The minimum absolute atomic E-state index is 0.0270. The highest BCUT2D eigenvalue weighted by Crippen LogP contribution is 2.39. The molecule has 67 radical (unpaired) electrons. The maximum Gasteiger partial charge on any atom is 0.416 e. The third-order valence-electron chi connectivity index (χ3n) is 19.6. The molecule has 0 saturated carbocycles. The molecule has 1 aliphatic rings. The Hall–Kier alpha value is 1.28. The lowest BCUT2D eigenvalue weighted by molar-refractivity contribution is -0.137. The van der Waals surface area contributed by atoms with Crippen LogP contribution in [0.15, 0.2) is 65.6 Å². The van der Waals surface area contributed by atoms with Gasteiger partial charge in [-0.25, -0.2) is 17.2 Å². The SMILES string of the molecule is Cc1ccc(S(=O)(=O)N2c3cc(F)ccc3CCC2CCc2ccc(C(F)(F)F)cc2F)cc1.[B][B]B(B([B])[B])B(B([B])[B])B(B(B([B])[B])B([B])[B])B(B(B(B([B])[B])B([B])[B])B(B([B])[B])B([B])[B])B(B(B(B([B])[B])B([B])[B])B(B([B])[B])B([B])[B])B(B(B([B])[B])B([B])[B])B(B([B])[B])B([B])[B]. The Labute approximate surface area is 649 Å². The minimum atomic E-state index is -4.66. The fraction of sp³-hybridized carbons (Fsp3) is 0.280. The molecule has 0 aliphatic carbocycles. The molecule has 1 atom stereocenters. The molecule has 1 heterocycles. The van der Waals surface area contributed by atoms with Crippen molar-refractivity contribution in [2.75, 3.05) is 4.31 Å². The molecule has 1 aliphatic heterocycles. The van der Waals surface area contributed by atoms with Gasteiger partial charge in [0.05, 0.1) is 16.1 Å². The monoisotopic (exact) mass is 1210 g/mol. The average molecular weight is 1200 g/mol. The van der Waals surface area contributed by atoms with Crippen molar-refractivity contribution in [1.82, 2.24) is 0 Å². The van der Waals surface area contributed by atoms with Crippen LogP contribution in [0.1, 0.15) is 35.1 Å². The summed E-state index contributed by atoms with van der Waals surface area (Å²) < 4.78 is 95.5. The van der Waals surface area contributed by atoms with E-state index in [-0.39, 0.29) is 29.0 Å². The molecular formula is C25H22B65F5NO2S. The number of anilines is 1. The summed E-state index contributed by atoms with van der Waals surface area (Å²) in [5.41, 5.74) is 0.752. The molecule has 4 rings (SSSR count). The number of fused-ring (bicyclic) bond motifs is 1. The molecule has 375 valence electrons. The number of rotatable bonds is 36. The van der Waals surface area contributed by atoms with Crippen LogP contribution < -0.4 is 4.31 Å². The second kappa shape index (κ2) is 41.9. The van der Waals surface area contributed by atoms with Crippen LogP contribution >= 0.6 is 0 Å². The van der Waals surface area contributed by atoms with Crippen molar-refractivity contribution in [3.8, 4) is 0 Å². The van der Waals surface area contributed by atoms with E-state index in [1.165, 1.54) is 28.6 Å². The first-order valence-electron chi connectivity index (χ1n) is 32.1. The highest BCUT2D eigenvalue weighted by atomic mass is 32.2. The van der Waals surface area contributed by atoms with E-state index in [1.54, 1.807) is 18.2 Å². The predicted molar refractivity (Wildman–Crippen MR) is 493 cm³/mol. The van der Waals surface area contributed by atoms with Crippen LogP contribution in [0.2, 0.25) is 0 Å². The van der Waals surface area contributed by atoms with Crippen molar-refractivity contribution in [1.29, 1.82) is 0 Å². The van der Waals surface area contributed by atoms with E-state index >= 15 is 0 Å². The maximum atomic E-state index is 14.4. The Kier molecular flexibility index (Phi) is 40.0. The molecule has 3 aromatic rings. The first kappa shape index (κ1) is 94.5. The van der Waals surface area contributed by atoms with Crippen LogP contribution in [0.3, 0.4) is 0 Å². The second-order valence-corrected chi connectivity index (χ2v) is 28.3. The number of nitrogens with zero attached hydrogens (tertiary/aromatic N) is 1. The van der Waals surface area contributed by atoms with E-state index in [0.29, 0.717) is 24.5 Å². The first-order valence-corrected chi connectivity index (χ1v) is 33.5. The van der Waals surface area contributed by atoms with Crippen molar-refractivity contribution < 1.29 is 30.4 Å². The Balaban J connectivity index is 0.000000619. The number of sulfonamides is 1. The van der Waals surface area contributed by atoms with Crippen LogP contribution in [-0.2, 0) is 29.0 Å². The van der Waals surface area contributed by atoms with Gasteiger partial charge in [-0.1, -0.05) is 29.8 Å². The maximum absolute atomic E-state index is 14.4. The quantitative estimate of drug-likeness (QED) is 0.0430. The molecule has 0 saturated heterocycles. The Morgan fingerprint density at radius 3 is 1.02 bits per heavy atom.